The van der Waals surface area contributed by atoms with Crippen LogP contribution >= 0.6 is 24.0 Å². The van der Waals surface area contributed by atoms with Gasteiger partial charge in [0.1, 0.15) is 0 Å². The maximum Gasteiger partial charge on any atom is 0.241 e. The van der Waals surface area contributed by atoms with Gasteiger partial charge in [-0.3, -0.25) is 9.00 Å². The molecule has 4 nitrogen and oxygen atoms in total. The zero-order valence-electron chi connectivity index (χ0n) is 12.6. The minimum atomic E-state index is -0.992. The zero-order valence-corrected chi connectivity index (χ0v) is 15.0. The Hall–Kier alpha value is -0.620. The van der Waals surface area contributed by atoms with Crippen LogP contribution in [0.25, 0.3) is 0 Å². The number of nitrogens with one attached hydrogen (secondary N) is 1. The molecule has 3 N–H and O–H groups in total. The minimum Gasteiger partial charge on any atom is -0.325 e. The number of amides is 1. The van der Waals surface area contributed by atoms with Gasteiger partial charge < -0.3 is 11.1 Å². The molecule has 0 aromatic heterocycles. The van der Waals surface area contributed by atoms with Gasteiger partial charge >= 0.3 is 0 Å². The van der Waals surface area contributed by atoms with Crippen LogP contribution in [-0.2, 0) is 21.3 Å². The fraction of sp³-hybridized carbons (Fsp3) is 0.500. The van der Waals surface area contributed by atoms with E-state index in [-0.39, 0.29) is 23.7 Å². The summed E-state index contributed by atoms with van der Waals surface area (Å²) in [6.45, 7) is 5.72. The summed E-state index contributed by atoms with van der Waals surface area (Å²) in [6.07, 6.45) is 1.61. The van der Waals surface area contributed by atoms with Crippen LogP contribution in [0.4, 0.5) is 5.69 Å². The first-order valence-electron chi connectivity index (χ1n) is 6.26. The summed E-state index contributed by atoms with van der Waals surface area (Å²) >= 11 is 6.04. The number of halogens is 2. The van der Waals surface area contributed by atoms with Crippen molar-refractivity contribution in [1.29, 1.82) is 0 Å². The summed E-state index contributed by atoms with van der Waals surface area (Å²) in [5.74, 6) is 0.108. The maximum absolute atomic E-state index is 12.0. The molecular weight excluding hydrogens is 331 g/mol. The predicted octanol–water partition coefficient (Wildman–Crippen LogP) is 2.95. The van der Waals surface area contributed by atoms with Crippen molar-refractivity contribution < 1.29 is 9.00 Å². The molecule has 1 aromatic carbocycles. The lowest BCUT2D eigenvalue weighted by Crippen LogP contribution is -2.45. The number of carbonyl (C=O) groups excluding carboxylic acids is 1. The zero-order chi connectivity index (χ0) is 15.5. The minimum absolute atomic E-state index is 0. The quantitative estimate of drug-likeness (QED) is 0.874. The smallest absolute Gasteiger partial charge is 0.241 e. The Morgan fingerprint density at radius 2 is 2.00 bits per heavy atom. The first-order valence-corrected chi connectivity index (χ1v) is 8.36. The van der Waals surface area contributed by atoms with Gasteiger partial charge in [-0.05, 0) is 29.2 Å². The van der Waals surface area contributed by atoms with E-state index in [1.54, 1.807) is 24.5 Å². The molecule has 0 aliphatic heterocycles. The van der Waals surface area contributed by atoms with E-state index in [1.807, 2.05) is 20.8 Å². The van der Waals surface area contributed by atoms with Crippen LogP contribution in [0.3, 0.4) is 0 Å². The molecule has 0 spiro atoms. The second-order valence-electron chi connectivity index (χ2n) is 5.86. The maximum atomic E-state index is 12.0. The molecule has 1 aromatic rings. The van der Waals surface area contributed by atoms with Crippen molar-refractivity contribution in [2.24, 2.45) is 11.1 Å². The number of hydrogen-bond acceptors (Lipinski definition) is 3. The van der Waals surface area contributed by atoms with Gasteiger partial charge in [0.15, 0.2) is 0 Å². The Morgan fingerprint density at radius 1 is 1.43 bits per heavy atom. The highest BCUT2D eigenvalue weighted by Gasteiger charge is 2.27. The van der Waals surface area contributed by atoms with E-state index in [9.17, 15) is 9.00 Å². The highest BCUT2D eigenvalue weighted by Crippen LogP contribution is 2.23. The molecule has 1 amide bonds. The summed E-state index contributed by atoms with van der Waals surface area (Å²) in [4.78, 5) is 12.0. The third-order valence-electron chi connectivity index (χ3n) is 2.89. The molecule has 120 valence electrons. The summed E-state index contributed by atoms with van der Waals surface area (Å²) in [5, 5.41) is 3.31. The monoisotopic (exact) mass is 352 g/mol. The van der Waals surface area contributed by atoms with Crippen LogP contribution in [0.1, 0.15) is 26.3 Å². The molecule has 2 atom stereocenters. The second-order valence-corrected chi connectivity index (χ2v) is 7.70. The van der Waals surface area contributed by atoms with Crippen molar-refractivity contribution in [1.82, 2.24) is 0 Å². The van der Waals surface area contributed by atoms with Crippen LogP contribution in [0, 0.1) is 5.41 Å². The van der Waals surface area contributed by atoms with E-state index >= 15 is 0 Å². The van der Waals surface area contributed by atoms with Gasteiger partial charge in [0, 0.05) is 33.5 Å². The molecule has 21 heavy (non-hydrogen) atoms. The van der Waals surface area contributed by atoms with Gasteiger partial charge in [-0.25, -0.2) is 0 Å². The Labute approximate surface area is 139 Å². The molecule has 7 heteroatoms. The van der Waals surface area contributed by atoms with Crippen LogP contribution in [-0.4, -0.2) is 22.4 Å². The Bertz CT molecular complexity index is 530. The van der Waals surface area contributed by atoms with Crippen molar-refractivity contribution in [2.75, 3.05) is 11.6 Å². The molecule has 1 unspecified atom stereocenters. The number of rotatable bonds is 4. The first kappa shape index (κ1) is 20.4. The second kappa shape index (κ2) is 8.13. The van der Waals surface area contributed by atoms with Gasteiger partial charge in [0.25, 0.3) is 0 Å². The molecule has 0 radical (unpaired) electrons. The predicted molar refractivity (Wildman–Crippen MR) is 92.5 cm³/mol. The number of hydrogen-bond donors (Lipinski definition) is 2. The number of carbonyl (C=O) groups is 1. The van der Waals surface area contributed by atoms with Gasteiger partial charge in [0.2, 0.25) is 5.91 Å². The average Bonchev–Trinajstić information content (AvgIpc) is 2.30. The third-order valence-corrected chi connectivity index (χ3v) is 3.97. The van der Waals surface area contributed by atoms with Crippen LogP contribution in [0.15, 0.2) is 18.2 Å². The Kier molecular flexibility index (Phi) is 7.89. The number of benzene rings is 1. The lowest BCUT2D eigenvalue weighted by Gasteiger charge is -2.25. The fourth-order valence-corrected chi connectivity index (χ4v) is 2.54. The molecule has 0 saturated heterocycles. The highest BCUT2D eigenvalue weighted by atomic mass is 35.5. The Balaban J connectivity index is 0.00000400. The fourth-order valence-electron chi connectivity index (χ4n) is 1.60. The summed E-state index contributed by atoms with van der Waals surface area (Å²) in [6, 6.07) is 4.51. The molecule has 0 saturated carbocycles. The Morgan fingerprint density at radius 3 is 2.48 bits per heavy atom. The summed E-state index contributed by atoms with van der Waals surface area (Å²) < 4.78 is 11.3. The van der Waals surface area contributed by atoms with E-state index in [2.05, 4.69) is 5.32 Å². The van der Waals surface area contributed by atoms with Gasteiger partial charge in [-0.2, -0.15) is 0 Å². The lowest BCUT2D eigenvalue weighted by atomic mass is 9.87. The topological polar surface area (TPSA) is 72.2 Å². The van der Waals surface area contributed by atoms with E-state index < -0.39 is 16.8 Å². The van der Waals surface area contributed by atoms with E-state index in [1.165, 1.54) is 0 Å². The van der Waals surface area contributed by atoms with E-state index in [4.69, 9.17) is 17.3 Å². The number of nitrogens with two attached hydrogens (primary N) is 1. The molecule has 1 rings (SSSR count). The van der Waals surface area contributed by atoms with Gasteiger partial charge in [-0.15, -0.1) is 12.4 Å². The number of anilines is 1. The third kappa shape index (κ3) is 6.34. The van der Waals surface area contributed by atoms with Crippen LogP contribution in [0.2, 0.25) is 5.02 Å². The molecule has 0 aliphatic rings. The van der Waals surface area contributed by atoms with Crippen molar-refractivity contribution >= 4 is 46.4 Å². The average molecular weight is 353 g/mol. The summed E-state index contributed by atoms with van der Waals surface area (Å²) in [5.41, 5.74) is 6.94. The lowest BCUT2D eigenvalue weighted by molar-refractivity contribution is -0.119. The summed E-state index contributed by atoms with van der Waals surface area (Å²) in [7, 11) is -0.992. The van der Waals surface area contributed by atoms with Crippen LogP contribution < -0.4 is 11.1 Å². The van der Waals surface area contributed by atoms with Gasteiger partial charge in [0.05, 0.1) is 6.04 Å². The van der Waals surface area contributed by atoms with E-state index in [0.29, 0.717) is 16.5 Å². The molecule has 0 aliphatic carbocycles. The highest BCUT2D eigenvalue weighted by molar-refractivity contribution is 7.83. The standard InChI is InChI=1S/C14H21ClN2O2S.ClH/c1-14(2,3)12(16)13(18)17-10-5-6-11(15)9(7-10)8-20(4)19;/h5-7,12H,8,16H2,1-4H3,(H,17,18);1H/t12-,20?;/m1./s1. The molecule has 0 bridgehead atoms. The molecular formula is C14H22Cl2N2O2S. The van der Waals surface area contributed by atoms with E-state index in [0.717, 1.165) is 5.56 Å². The van der Waals surface area contributed by atoms with Crippen molar-refractivity contribution in [3.8, 4) is 0 Å². The van der Waals surface area contributed by atoms with Crippen LogP contribution in [0.5, 0.6) is 0 Å². The van der Waals surface area contributed by atoms with Gasteiger partial charge in [-0.1, -0.05) is 32.4 Å². The molecule has 0 fully saturated rings. The largest absolute Gasteiger partial charge is 0.325 e. The van der Waals surface area contributed by atoms with Crippen molar-refractivity contribution in [3.63, 3.8) is 0 Å². The van der Waals surface area contributed by atoms with Crippen molar-refractivity contribution in [2.45, 2.75) is 32.6 Å². The first-order chi connectivity index (χ1) is 9.11. The SMILES string of the molecule is CS(=O)Cc1cc(NC(=O)[C@@H](N)C(C)(C)C)ccc1Cl.Cl. The van der Waals surface area contributed by atoms with Crippen molar-refractivity contribution in [3.05, 3.63) is 28.8 Å². The molecule has 0 heterocycles. The normalized spacial score (nSPS) is 14.0.